The summed E-state index contributed by atoms with van der Waals surface area (Å²) < 4.78 is 19.5. The molecule has 1 saturated heterocycles. The second-order valence-corrected chi connectivity index (χ2v) is 17.0. The number of esters is 1. The average Bonchev–Trinajstić information content (AvgIpc) is 3.61. The summed E-state index contributed by atoms with van der Waals surface area (Å²) in [6.07, 6.45) is 11.9. The van der Waals surface area contributed by atoms with Crippen molar-refractivity contribution in [3.05, 3.63) is 98.6 Å². The molecule has 0 bridgehead atoms. The Hall–Kier alpha value is -4.00. The Kier molecular flexibility index (Phi) is 8.62. The van der Waals surface area contributed by atoms with Gasteiger partial charge < -0.3 is 29.6 Å². The molecule has 2 aromatic heterocycles. The van der Waals surface area contributed by atoms with Gasteiger partial charge in [0.15, 0.2) is 11.2 Å². The number of nitrogens with zero attached hydrogens (tertiary/aromatic N) is 2. The highest BCUT2D eigenvalue weighted by Gasteiger charge is 2.64. The van der Waals surface area contributed by atoms with E-state index in [0.29, 0.717) is 72.2 Å². The van der Waals surface area contributed by atoms with Crippen LogP contribution in [-0.4, -0.2) is 68.3 Å². The summed E-state index contributed by atoms with van der Waals surface area (Å²) in [5.74, 6) is 1.06. The number of hydrogen-bond donors (Lipinski definition) is 2. The number of benzene rings is 1. The zero-order valence-electron chi connectivity index (χ0n) is 28.8. The molecule has 3 N–H and O–H groups in total. The number of carbonyl (C=O) groups excluding carboxylic acids is 2. The van der Waals surface area contributed by atoms with Crippen molar-refractivity contribution in [1.29, 1.82) is 0 Å². The van der Waals surface area contributed by atoms with Crippen molar-refractivity contribution in [1.82, 2.24) is 9.88 Å². The number of allylic oxidation sites excluding steroid dienone is 1. The highest BCUT2D eigenvalue weighted by molar-refractivity contribution is 8.77. The van der Waals surface area contributed by atoms with E-state index in [1.54, 1.807) is 53.8 Å². The number of amides is 1. The Morgan fingerprint density at radius 1 is 1.22 bits per heavy atom. The van der Waals surface area contributed by atoms with Gasteiger partial charge in [0.1, 0.15) is 17.2 Å². The summed E-state index contributed by atoms with van der Waals surface area (Å²) >= 11 is 0. The van der Waals surface area contributed by atoms with E-state index in [9.17, 15) is 19.5 Å². The number of nitrogen functional groups attached to an aromatic ring is 1. The molecule has 3 aliphatic heterocycles. The van der Waals surface area contributed by atoms with E-state index in [2.05, 4.69) is 23.2 Å². The van der Waals surface area contributed by atoms with Crippen LogP contribution >= 0.6 is 21.6 Å². The summed E-state index contributed by atoms with van der Waals surface area (Å²) in [5, 5.41) is 10.3. The molecule has 5 heterocycles. The minimum absolute atomic E-state index is 0.0281. The number of aliphatic hydroxyl groups is 1. The van der Waals surface area contributed by atoms with Gasteiger partial charge in [-0.05, 0) is 68.5 Å². The average molecular weight is 728 g/mol. The predicted molar refractivity (Wildman–Crippen MR) is 199 cm³/mol. The monoisotopic (exact) mass is 727 g/mol. The fraction of sp³-hybridized carbons (Fsp3) is 0.436. The first-order valence-electron chi connectivity index (χ1n) is 17.5. The van der Waals surface area contributed by atoms with Gasteiger partial charge in [0.2, 0.25) is 5.91 Å². The minimum Gasteiger partial charge on any atom is -0.481 e. The van der Waals surface area contributed by atoms with Crippen LogP contribution in [0.5, 0.6) is 5.75 Å². The van der Waals surface area contributed by atoms with Gasteiger partial charge in [-0.15, -0.1) is 0 Å². The maximum absolute atomic E-state index is 14.0. The third kappa shape index (κ3) is 5.61. The zero-order valence-corrected chi connectivity index (χ0v) is 30.5. The van der Waals surface area contributed by atoms with Gasteiger partial charge in [-0.25, -0.2) is 14.6 Å². The van der Waals surface area contributed by atoms with E-state index in [-0.39, 0.29) is 30.2 Å². The van der Waals surface area contributed by atoms with Gasteiger partial charge in [0.05, 0.1) is 23.6 Å². The second-order valence-electron chi connectivity index (χ2n) is 14.5. The number of nitrogens with two attached hydrogens (primary N) is 1. The summed E-state index contributed by atoms with van der Waals surface area (Å²) in [4.78, 5) is 47.0. The molecule has 12 heteroatoms. The van der Waals surface area contributed by atoms with Crippen molar-refractivity contribution in [3.8, 4) is 5.75 Å². The molecule has 0 saturated carbocycles. The zero-order chi connectivity index (χ0) is 35.7. The van der Waals surface area contributed by atoms with Crippen LogP contribution in [0.25, 0.3) is 11.0 Å². The number of aryl methyl sites for hydroxylation is 1. The lowest BCUT2D eigenvalue weighted by Crippen LogP contribution is -2.63. The first-order chi connectivity index (χ1) is 24.5. The first kappa shape index (κ1) is 34.1. The molecule has 51 heavy (non-hydrogen) atoms. The number of rotatable bonds is 5. The highest BCUT2D eigenvalue weighted by Crippen LogP contribution is 2.59. The Morgan fingerprint density at radius 3 is 2.86 bits per heavy atom. The molecule has 6 atom stereocenters. The molecule has 1 aromatic carbocycles. The maximum atomic E-state index is 14.0. The van der Waals surface area contributed by atoms with E-state index in [4.69, 9.17) is 19.6 Å². The third-order valence-electron chi connectivity index (χ3n) is 11.4. The normalized spacial score (nSPS) is 29.6. The molecule has 2 aliphatic carbocycles. The van der Waals surface area contributed by atoms with Crippen LogP contribution in [-0.2, 0) is 33.6 Å². The molecule has 10 nitrogen and oxygen atoms in total. The van der Waals surface area contributed by atoms with Gasteiger partial charge in [0, 0.05) is 66.5 Å². The fourth-order valence-corrected chi connectivity index (χ4v) is 11.4. The van der Waals surface area contributed by atoms with Crippen LogP contribution in [0.2, 0.25) is 0 Å². The van der Waals surface area contributed by atoms with Crippen molar-refractivity contribution in [2.24, 2.45) is 5.92 Å². The van der Waals surface area contributed by atoms with Crippen molar-refractivity contribution in [2.45, 2.75) is 81.3 Å². The lowest BCUT2D eigenvalue weighted by atomic mass is 9.61. The van der Waals surface area contributed by atoms with E-state index in [1.165, 1.54) is 0 Å². The molecule has 1 spiro atoms. The number of hydrogen-bond acceptors (Lipinski definition) is 11. The van der Waals surface area contributed by atoms with Gasteiger partial charge in [0.25, 0.3) is 0 Å². The molecular formula is C39H41N3O7S2. The summed E-state index contributed by atoms with van der Waals surface area (Å²) in [6.45, 7) is 6.15. The molecule has 6 unspecified atom stereocenters. The van der Waals surface area contributed by atoms with Crippen LogP contribution in [0.3, 0.4) is 0 Å². The molecule has 266 valence electrons. The first-order valence-corrected chi connectivity index (χ1v) is 19.9. The highest BCUT2D eigenvalue weighted by atomic mass is 33.1. The summed E-state index contributed by atoms with van der Waals surface area (Å²) in [7, 11) is 3.56. The van der Waals surface area contributed by atoms with Crippen molar-refractivity contribution in [2.75, 3.05) is 24.6 Å². The van der Waals surface area contributed by atoms with Crippen LogP contribution < -0.4 is 16.1 Å². The van der Waals surface area contributed by atoms with E-state index in [1.807, 2.05) is 30.0 Å². The second kappa shape index (κ2) is 12.9. The largest absolute Gasteiger partial charge is 0.481 e. The van der Waals surface area contributed by atoms with Crippen LogP contribution in [0, 0.1) is 5.92 Å². The van der Waals surface area contributed by atoms with Crippen molar-refractivity contribution >= 4 is 50.3 Å². The number of fused-ring (bicyclic) bond motifs is 6. The Bertz CT molecular complexity index is 2110. The van der Waals surface area contributed by atoms with Gasteiger partial charge in [-0.1, -0.05) is 51.5 Å². The number of carbonyl (C=O) groups is 2. The SMILES string of the molecule is CC=C(C)C(=O)OC1(C)CC=C2CSSC3C=CC4CN(C(=O)Cc5cnc(N)cc5C2C12Cc1cc5cc(CCCO)c(=O)oc5cc1O2)C43. The minimum atomic E-state index is -1.17. The third-order valence-corrected chi connectivity index (χ3v) is 14.1. The number of aliphatic hydroxyl groups excluding tert-OH is 1. The number of ether oxygens (including phenoxy) is 2. The van der Waals surface area contributed by atoms with E-state index >= 15 is 0 Å². The van der Waals surface area contributed by atoms with Crippen LogP contribution in [0.1, 0.15) is 61.8 Å². The summed E-state index contributed by atoms with van der Waals surface area (Å²) in [5.41, 5.74) is 8.58. The summed E-state index contributed by atoms with van der Waals surface area (Å²) in [6, 6.07) is 7.58. The number of aromatic nitrogens is 1. The molecule has 1 fully saturated rings. The maximum Gasteiger partial charge on any atom is 0.339 e. The Balaban J connectivity index is 1.30. The molecule has 3 aromatic rings. The van der Waals surface area contributed by atoms with E-state index in [0.717, 1.165) is 27.6 Å². The Morgan fingerprint density at radius 2 is 2.06 bits per heavy atom. The fourth-order valence-electron chi connectivity index (χ4n) is 8.48. The van der Waals surface area contributed by atoms with Crippen LogP contribution in [0.4, 0.5) is 5.82 Å². The van der Waals surface area contributed by atoms with Gasteiger partial charge >= 0.3 is 11.6 Å². The molecule has 5 aliphatic rings. The lowest BCUT2D eigenvalue weighted by Gasteiger charge is -2.52. The van der Waals surface area contributed by atoms with Gasteiger partial charge in [-0.3, -0.25) is 4.79 Å². The molecule has 0 radical (unpaired) electrons. The van der Waals surface area contributed by atoms with Crippen LogP contribution in [0.15, 0.2) is 75.1 Å². The smallest absolute Gasteiger partial charge is 0.339 e. The van der Waals surface area contributed by atoms with E-state index < -0.39 is 28.7 Å². The Labute approximate surface area is 303 Å². The topological polar surface area (TPSA) is 145 Å². The standard InChI is InChI=1S/C39H41N3O7S2/c1-4-21(2)36(45)49-38(3)10-9-24-20-50-51-31-8-7-23-19-42(35(23)31)33(44)14-27-18-41-32(40)15-28(27)34(24)39(38)17-26-13-25-12-22(6-5-11-43)37(46)47-29(25)16-30(26)48-39/h4,7-9,12-13,15-16,18,23,31,34-35,43H,5-6,10-11,14,17,19-20H2,1-3H3,(H2,40,41). The number of anilines is 1. The molecule has 8 rings (SSSR count). The van der Waals surface area contributed by atoms with Crippen molar-refractivity contribution < 1.29 is 28.6 Å². The predicted octanol–water partition coefficient (Wildman–Crippen LogP) is 5.45. The van der Waals surface area contributed by atoms with Crippen molar-refractivity contribution in [3.63, 3.8) is 0 Å². The van der Waals surface area contributed by atoms with Gasteiger partial charge in [-0.2, -0.15) is 0 Å². The quantitative estimate of drug-likeness (QED) is 0.114. The lowest BCUT2D eigenvalue weighted by molar-refractivity contribution is -0.183. The molecule has 1 amide bonds. The number of pyridine rings is 1. The molecular weight excluding hydrogens is 687 g/mol.